The lowest BCUT2D eigenvalue weighted by atomic mass is 9.94. The summed E-state index contributed by atoms with van der Waals surface area (Å²) in [6, 6.07) is 14.1. The van der Waals surface area contributed by atoms with Crippen molar-refractivity contribution in [2.24, 2.45) is 21.7 Å². The van der Waals surface area contributed by atoms with Gasteiger partial charge in [-0.3, -0.25) is 4.99 Å². The summed E-state index contributed by atoms with van der Waals surface area (Å²) >= 11 is 12.8. The molecule has 0 amide bonds. The first-order valence-electron chi connectivity index (χ1n) is 12.0. The minimum Gasteiger partial charge on any atom is -0.309 e. The van der Waals surface area contributed by atoms with Gasteiger partial charge < -0.3 is 15.5 Å². The Labute approximate surface area is 223 Å². The van der Waals surface area contributed by atoms with E-state index < -0.39 is 6.17 Å². The number of allylic oxidation sites excluding steroid dienone is 1. The van der Waals surface area contributed by atoms with Gasteiger partial charge in [-0.25, -0.2) is 10.5 Å². The number of hydrogen-bond donors (Lipinski definition) is 2. The van der Waals surface area contributed by atoms with Crippen molar-refractivity contribution in [1.82, 2.24) is 20.5 Å². The summed E-state index contributed by atoms with van der Waals surface area (Å²) in [6.07, 6.45) is 4.63. The van der Waals surface area contributed by atoms with Crippen LogP contribution in [0.3, 0.4) is 0 Å². The smallest absolute Gasteiger partial charge is 0.157 e. The molecule has 0 saturated heterocycles. The fourth-order valence-corrected chi connectivity index (χ4v) is 4.74. The molecule has 2 aliphatic heterocycles. The molecule has 0 saturated carbocycles. The van der Waals surface area contributed by atoms with Gasteiger partial charge >= 0.3 is 0 Å². The molecule has 2 aromatic carbocycles. The Morgan fingerprint density at radius 2 is 1.81 bits per heavy atom. The molecule has 36 heavy (non-hydrogen) atoms. The molecule has 2 atom stereocenters. The van der Waals surface area contributed by atoms with E-state index in [4.69, 9.17) is 28.9 Å². The minimum atomic E-state index is -0.476. The number of nitrogens with two attached hydrogens (primary N) is 1. The first-order valence-corrected chi connectivity index (χ1v) is 12.7. The molecule has 8 nitrogen and oxygen atoms in total. The van der Waals surface area contributed by atoms with Crippen LogP contribution in [-0.4, -0.2) is 74.4 Å². The Hall–Kier alpha value is -2.46. The molecular formula is C26H34Cl2N8. The van der Waals surface area contributed by atoms with Crippen LogP contribution >= 0.6 is 23.2 Å². The maximum atomic E-state index is 6.53. The fourth-order valence-electron chi connectivity index (χ4n) is 4.37. The second-order valence-corrected chi connectivity index (χ2v) is 10.3. The molecule has 3 N–H and O–H groups in total. The SMILES string of the molecule is CN(C)CCCN(C)Cc1ccc(C2=CC(C3=NNN(C)N3c3cccc(Cl)c3Cl)C(N)N=C2)cc1. The highest BCUT2D eigenvalue weighted by Crippen LogP contribution is 2.36. The van der Waals surface area contributed by atoms with E-state index in [-0.39, 0.29) is 5.92 Å². The number of amidine groups is 1. The first kappa shape index (κ1) is 26.6. The zero-order chi connectivity index (χ0) is 25.8. The van der Waals surface area contributed by atoms with Gasteiger partial charge in [-0.2, -0.15) is 0 Å². The lowest BCUT2D eigenvalue weighted by molar-refractivity contribution is 0.277. The van der Waals surface area contributed by atoms with Crippen LogP contribution in [0, 0.1) is 5.92 Å². The molecule has 2 unspecified atom stereocenters. The van der Waals surface area contributed by atoms with Crippen LogP contribution in [0.2, 0.25) is 10.0 Å². The number of dihydropyridines is 1. The summed E-state index contributed by atoms with van der Waals surface area (Å²) in [5.74, 6) is 0.430. The van der Waals surface area contributed by atoms with E-state index in [1.54, 1.807) is 11.2 Å². The van der Waals surface area contributed by atoms with Gasteiger partial charge in [0.15, 0.2) is 5.84 Å². The van der Waals surface area contributed by atoms with Gasteiger partial charge in [0.2, 0.25) is 0 Å². The maximum absolute atomic E-state index is 6.53. The quantitative estimate of drug-likeness (QED) is 0.513. The second-order valence-electron chi connectivity index (χ2n) is 9.49. The average Bonchev–Trinajstić information content (AvgIpc) is 3.22. The van der Waals surface area contributed by atoms with E-state index >= 15 is 0 Å². The Morgan fingerprint density at radius 1 is 1.06 bits per heavy atom. The molecule has 0 radical (unpaired) electrons. The number of benzene rings is 2. The summed E-state index contributed by atoms with van der Waals surface area (Å²) in [6.45, 7) is 3.07. The summed E-state index contributed by atoms with van der Waals surface area (Å²) < 4.78 is 0. The van der Waals surface area contributed by atoms with E-state index in [0.717, 1.165) is 37.2 Å². The van der Waals surface area contributed by atoms with Crippen molar-refractivity contribution in [3.05, 3.63) is 69.7 Å². The van der Waals surface area contributed by atoms with Crippen molar-refractivity contribution in [2.75, 3.05) is 46.3 Å². The van der Waals surface area contributed by atoms with Gasteiger partial charge in [0, 0.05) is 19.8 Å². The van der Waals surface area contributed by atoms with Gasteiger partial charge in [-0.05, 0) is 69.5 Å². The van der Waals surface area contributed by atoms with E-state index in [9.17, 15) is 0 Å². The number of nitrogens with one attached hydrogen (secondary N) is 1. The van der Waals surface area contributed by atoms with Crippen LogP contribution in [0.1, 0.15) is 17.5 Å². The highest BCUT2D eigenvalue weighted by Gasteiger charge is 2.35. The van der Waals surface area contributed by atoms with Crippen LogP contribution in [0.25, 0.3) is 5.57 Å². The number of hydrazone groups is 1. The van der Waals surface area contributed by atoms with Crippen LogP contribution in [0.4, 0.5) is 5.69 Å². The van der Waals surface area contributed by atoms with Crippen molar-refractivity contribution < 1.29 is 0 Å². The first-order chi connectivity index (χ1) is 17.2. The predicted molar refractivity (Wildman–Crippen MR) is 151 cm³/mol. The van der Waals surface area contributed by atoms with Crippen molar-refractivity contribution in [2.45, 2.75) is 19.1 Å². The largest absolute Gasteiger partial charge is 0.309 e. The lowest BCUT2D eigenvalue weighted by Gasteiger charge is -2.31. The maximum Gasteiger partial charge on any atom is 0.157 e. The van der Waals surface area contributed by atoms with Crippen molar-refractivity contribution in [3.63, 3.8) is 0 Å². The molecule has 4 rings (SSSR count). The molecular weight excluding hydrogens is 495 g/mol. The summed E-state index contributed by atoms with van der Waals surface area (Å²) in [7, 11) is 8.23. The molecule has 2 aromatic rings. The summed E-state index contributed by atoms with van der Waals surface area (Å²) in [5.41, 5.74) is 13.5. The Balaban J connectivity index is 1.50. The molecule has 0 fully saturated rings. The number of hydrogen-bond acceptors (Lipinski definition) is 8. The van der Waals surface area contributed by atoms with Crippen LogP contribution in [0.15, 0.2) is 58.6 Å². The zero-order valence-corrected chi connectivity index (χ0v) is 22.7. The zero-order valence-electron chi connectivity index (χ0n) is 21.2. The van der Waals surface area contributed by atoms with Gasteiger partial charge in [-0.1, -0.05) is 59.6 Å². The third-order valence-electron chi connectivity index (χ3n) is 6.28. The molecule has 2 heterocycles. The highest BCUT2D eigenvalue weighted by atomic mass is 35.5. The van der Waals surface area contributed by atoms with E-state index in [2.05, 4.69) is 76.9 Å². The van der Waals surface area contributed by atoms with Crippen molar-refractivity contribution in [3.8, 4) is 0 Å². The molecule has 0 spiro atoms. The van der Waals surface area contributed by atoms with E-state index in [1.165, 1.54) is 5.56 Å². The van der Waals surface area contributed by atoms with Gasteiger partial charge in [0.25, 0.3) is 0 Å². The van der Waals surface area contributed by atoms with Crippen LogP contribution in [0.5, 0.6) is 0 Å². The summed E-state index contributed by atoms with van der Waals surface area (Å²) in [5, 5.41) is 9.08. The standard InChI is InChI=1S/C26H34Cl2N8/c1-33(2)13-6-14-34(3)17-18-9-11-19(12-10-18)20-15-21(25(29)30-16-20)26-31-32-35(4)36(26)23-8-5-7-22(27)24(23)28/h5,7-12,15-16,21,25,32H,6,13-14,17,29H2,1-4H3. The average molecular weight is 530 g/mol. The molecule has 192 valence electrons. The minimum absolute atomic E-state index is 0.264. The van der Waals surface area contributed by atoms with Crippen LogP contribution < -0.4 is 16.3 Å². The molecule has 10 heteroatoms. The third-order valence-corrected chi connectivity index (χ3v) is 7.09. The summed E-state index contributed by atoms with van der Waals surface area (Å²) in [4.78, 5) is 9.16. The molecule has 0 aromatic heterocycles. The Bertz CT molecular complexity index is 1150. The highest BCUT2D eigenvalue weighted by molar-refractivity contribution is 6.44. The number of rotatable bonds is 9. The van der Waals surface area contributed by atoms with Crippen molar-refractivity contribution >= 4 is 46.5 Å². The van der Waals surface area contributed by atoms with E-state index in [1.807, 2.05) is 30.4 Å². The number of hydrazine groups is 2. The third kappa shape index (κ3) is 6.08. The Kier molecular flexibility index (Phi) is 8.66. The molecule has 2 aliphatic rings. The van der Waals surface area contributed by atoms with Gasteiger partial charge in [-0.15, -0.1) is 10.2 Å². The lowest BCUT2D eigenvalue weighted by Crippen LogP contribution is -2.48. The Morgan fingerprint density at radius 3 is 2.53 bits per heavy atom. The normalized spacial score (nSPS) is 20.2. The van der Waals surface area contributed by atoms with Crippen molar-refractivity contribution in [1.29, 1.82) is 0 Å². The number of halogens is 2. The van der Waals surface area contributed by atoms with E-state index in [0.29, 0.717) is 21.6 Å². The number of nitrogens with zero attached hydrogens (tertiary/aromatic N) is 6. The van der Waals surface area contributed by atoms with Gasteiger partial charge in [0.1, 0.15) is 6.17 Å². The monoisotopic (exact) mass is 528 g/mol. The topological polar surface area (TPSA) is 75.7 Å². The van der Waals surface area contributed by atoms with Gasteiger partial charge in [0.05, 0.1) is 21.7 Å². The number of aliphatic imine (C=N–C) groups is 1. The fraction of sp³-hybridized carbons (Fsp3) is 0.385. The molecule has 0 bridgehead atoms. The molecule has 0 aliphatic carbocycles. The van der Waals surface area contributed by atoms with Crippen LogP contribution in [-0.2, 0) is 6.54 Å². The second kappa shape index (κ2) is 11.7. The number of anilines is 1. The predicted octanol–water partition coefficient (Wildman–Crippen LogP) is 3.93.